The molecule has 0 amide bonds. The van der Waals surface area contributed by atoms with Gasteiger partial charge in [0.05, 0.1) is 0 Å². The van der Waals surface area contributed by atoms with Gasteiger partial charge < -0.3 is 0 Å². The van der Waals surface area contributed by atoms with Crippen molar-refractivity contribution in [3.63, 3.8) is 0 Å². The van der Waals surface area contributed by atoms with Crippen LogP contribution in [0.3, 0.4) is 0 Å². The van der Waals surface area contributed by atoms with E-state index in [4.69, 9.17) is 12.6 Å². The third-order valence-electron chi connectivity index (χ3n) is 5.37. The van der Waals surface area contributed by atoms with E-state index in [1.807, 2.05) is 0 Å². The highest BCUT2D eigenvalue weighted by atomic mass is 32.1. The number of hydrogen-bond acceptors (Lipinski definition) is 1. The van der Waals surface area contributed by atoms with Crippen molar-refractivity contribution in [2.45, 2.75) is 58.3 Å². The van der Waals surface area contributed by atoms with Crippen LogP contribution in [0.5, 0.6) is 0 Å². The molecule has 3 rings (SSSR count). The zero-order chi connectivity index (χ0) is 15.3. The maximum atomic E-state index is 4.71. The number of thiol groups is 1. The van der Waals surface area contributed by atoms with Crippen molar-refractivity contribution in [3.8, 4) is 0 Å². The summed E-state index contributed by atoms with van der Waals surface area (Å²) >= 11 is 4.71. The van der Waals surface area contributed by atoms with Gasteiger partial charge in [-0.05, 0) is 86.4 Å². The molecule has 0 N–H and O–H groups in total. The number of benzene rings is 2. The van der Waals surface area contributed by atoms with E-state index in [0.717, 1.165) is 4.90 Å². The molecule has 1 heteroatoms. The van der Waals surface area contributed by atoms with E-state index in [2.05, 4.69) is 52.8 Å². The first kappa shape index (κ1) is 14.7. The minimum atomic E-state index is 0.562. The normalized spacial score (nSPS) is 17.1. The van der Waals surface area contributed by atoms with Crippen LogP contribution in [-0.4, -0.2) is 0 Å². The lowest BCUT2D eigenvalue weighted by Crippen LogP contribution is -2.06. The van der Waals surface area contributed by atoms with Gasteiger partial charge in [-0.25, -0.2) is 0 Å². The van der Waals surface area contributed by atoms with Crippen LogP contribution in [0.25, 0.3) is 0 Å². The van der Waals surface area contributed by atoms with Gasteiger partial charge >= 0.3 is 0 Å². The predicted octanol–water partition coefficient (Wildman–Crippen LogP) is 5.60. The molecule has 1 aliphatic rings. The van der Waals surface area contributed by atoms with Gasteiger partial charge in [0.2, 0.25) is 0 Å². The molecule has 110 valence electrons. The lowest BCUT2D eigenvalue weighted by Gasteiger charge is -2.23. The van der Waals surface area contributed by atoms with E-state index in [1.54, 1.807) is 11.1 Å². The van der Waals surface area contributed by atoms with E-state index in [9.17, 15) is 0 Å². The fourth-order valence-corrected chi connectivity index (χ4v) is 4.23. The highest BCUT2D eigenvalue weighted by molar-refractivity contribution is 7.80. The SMILES string of the molecule is Cc1ccc2c(c1)CCC2c1c(C)c(C)c(S)c(C)c1C. The number of hydrogen-bond donors (Lipinski definition) is 1. The first-order chi connectivity index (χ1) is 9.91. The Morgan fingerprint density at radius 1 is 0.905 bits per heavy atom. The molecule has 0 fully saturated rings. The number of aryl methyl sites for hydroxylation is 2. The van der Waals surface area contributed by atoms with Gasteiger partial charge in [0, 0.05) is 10.8 Å². The molecule has 0 radical (unpaired) electrons. The van der Waals surface area contributed by atoms with Crippen LogP contribution in [0.15, 0.2) is 23.1 Å². The zero-order valence-electron chi connectivity index (χ0n) is 13.7. The Morgan fingerprint density at radius 3 is 2.14 bits per heavy atom. The Labute approximate surface area is 134 Å². The summed E-state index contributed by atoms with van der Waals surface area (Å²) in [5.74, 6) is 0.562. The van der Waals surface area contributed by atoms with Crippen molar-refractivity contribution < 1.29 is 0 Å². The molecule has 21 heavy (non-hydrogen) atoms. The van der Waals surface area contributed by atoms with Gasteiger partial charge in [-0.15, -0.1) is 12.6 Å². The summed E-state index contributed by atoms with van der Waals surface area (Å²) in [6, 6.07) is 6.97. The molecule has 2 aromatic rings. The summed E-state index contributed by atoms with van der Waals surface area (Å²) in [6.45, 7) is 11.1. The molecule has 0 aromatic heterocycles. The molecule has 1 unspecified atom stereocenters. The minimum Gasteiger partial charge on any atom is -0.143 e. The highest BCUT2D eigenvalue weighted by Gasteiger charge is 2.28. The quantitative estimate of drug-likeness (QED) is 0.651. The van der Waals surface area contributed by atoms with Gasteiger partial charge in [0.25, 0.3) is 0 Å². The molecule has 0 bridgehead atoms. The largest absolute Gasteiger partial charge is 0.143 e. The van der Waals surface area contributed by atoms with Gasteiger partial charge in [0.15, 0.2) is 0 Å². The molecule has 0 saturated heterocycles. The molecular weight excluding hydrogens is 272 g/mol. The van der Waals surface area contributed by atoms with Crippen LogP contribution in [0, 0.1) is 34.6 Å². The average Bonchev–Trinajstić information content (AvgIpc) is 2.86. The molecule has 0 spiro atoms. The Morgan fingerprint density at radius 2 is 1.52 bits per heavy atom. The fraction of sp³-hybridized carbons (Fsp3) is 0.400. The molecule has 0 aliphatic heterocycles. The first-order valence-electron chi connectivity index (χ1n) is 7.80. The second kappa shape index (κ2) is 5.21. The molecular formula is C20H24S. The summed E-state index contributed by atoms with van der Waals surface area (Å²) in [7, 11) is 0. The van der Waals surface area contributed by atoms with Crippen molar-refractivity contribution >= 4 is 12.6 Å². The van der Waals surface area contributed by atoms with Gasteiger partial charge in [-0.1, -0.05) is 23.8 Å². The molecule has 0 nitrogen and oxygen atoms in total. The monoisotopic (exact) mass is 296 g/mol. The maximum Gasteiger partial charge on any atom is 0.0104 e. The highest BCUT2D eigenvalue weighted by Crippen LogP contribution is 2.43. The first-order valence-corrected chi connectivity index (χ1v) is 8.25. The van der Waals surface area contributed by atoms with Gasteiger partial charge in [-0.3, -0.25) is 0 Å². The standard InChI is InChI=1S/C20H24S/c1-11-6-8-17-16(10-11)7-9-18(17)19-12(2)14(4)20(21)15(5)13(19)3/h6,8,10,18,21H,7,9H2,1-5H3. The minimum absolute atomic E-state index is 0.562. The second-order valence-corrected chi connectivity index (χ2v) is 7.00. The van der Waals surface area contributed by atoms with Crippen LogP contribution < -0.4 is 0 Å². The van der Waals surface area contributed by atoms with Crippen LogP contribution in [0.1, 0.15) is 56.8 Å². The Bertz CT molecular complexity index is 696. The van der Waals surface area contributed by atoms with Crippen LogP contribution in [0.2, 0.25) is 0 Å². The molecule has 1 atom stereocenters. The predicted molar refractivity (Wildman–Crippen MR) is 94.0 cm³/mol. The lowest BCUT2D eigenvalue weighted by molar-refractivity contribution is 0.770. The third-order valence-corrected chi connectivity index (χ3v) is 6.04. The van der Waals surface area contributed by atoms with Crippen LogP contribution in [0.4, 0.5) is 0 Å². The topological polar surface area (TPSA) is 0 Å². The van der Waals surface area contributed by atoms with Crippen molar-refractivity contribution in [1.82, 2.24) is 0 Å². The van der Waals surface area contributed by atoms with Gasteiger partial charge in [0.1, 0.15) is 0 Å². The van der Waals surface area contributed by atoms with Crippen molar-refractivity contribution in [2.75, 3.05) is 0 Å². The lowest BCUT2D eigenvalue weighted by atomic mass is 9.83. The smallest absolute Gasteiger partial charge is 0.0104 e. The van der Waals surface area contributed by atoms with Crippen LogP contribution >= 0.6 is 12.6 Å². The molecule has 2 aromatic carbocycles. The van der Waals surface area contributed by atoms with E-state index in [1.165, 1.54) is 46.2 Å². The van der Waals surface area contributed by atoms with E-state index in [0.29, 0.717) is 5.92 Å². The van der Waals surface area contributed by atoms with Crippen molar-refractivity contribution in [3.05, 3.63) is 62.7 Å². The molecule has 1 aliphatic carbocycles. The summed E-state index contributed by atoms with van der Waals surface area (Å²) in [5.41, 5.74) is 11.6. The summed E-state index contributed by atoms with van der Waals surface area (Å²) < 4.78 is 0. The van der Waals surface area contributed by atoms with Gasteiger partial charge in [-0.2, -0.15) is 0 Å². The molecule has 0 heterocycles. The third kappa shape index (κ3) is 2.23. The maximum absolute atomic E-state index is 4.71. The summed E-state index contributed by atoms with van der Waals surface area (Å²) in [4.78, 5) is 1.16. The number of rotatable bonds is 1. The fourth-order valence-electron chi connectivity index (χ4n) is 3.89. The van der Waals surface area contributed by atoms with Crippen molar-refractivity contribution in [1.29, 1.82) is 0 Å². The number of fused-ring (bicyclic) bond motifs is 1. The van der Waals surface area contributed by atoms with E-state index in [-0.39, 0.29) is 0 Å². The second-order valence-electron chi connectivity index (χ2n) is 6.56. The Kier molecular flexibility index (Phi) is 3.65. The zero-order valence-corrected chi connectivity index (χ0v) is 14.6. The van der Waals surface area contributed by atoms with Crippen LogP contribution in [-0.2, 0) is 6.42 Å². The Balaban J connectivity index is 2.21. The van der Waals surface area contributed by atoms with E-state index < -0.39 is 0 Å². The summed E-state index contributed by atoms with van der Waals surface area (Å²) in [5, 5.41) is 0. The Hall–Kier alpha value is -1.21. The van der Waals surface area contributed by atoms with E-state index >= 15 is 0 Å². The molecule has 0 saturated carbocycles. The summed E-state index contributed by atoms with van der Waals surface area (Å²) in [6.07, 6.45) is 2.45. The van der Waals surface area contributed by atoms with Crippen molar-refractivity contribution in [2.24, 2.45) is 0 Å². The average molecular weight is 296 g/mol.